The molecule has 0 fully saturated rings. The molecule has 2 heteroatoms. The van der Waals surface area contributed by atoms with E-state index in [9.17, 15) is 0 Å². The lowest BCUT2D eigenvalue weighted by Crippen LogP contribution is -1.65. The highest BCUT2D eigenvalue weighted by Gasteiger charge is 1.99. The van der Waals surface area contributed by atoms with Crippen molar-refractivity contribution in [1.29, 1.82) is 0 Å². The molecule has 0 radical (unpaired) electrons. The van der Waals surface area contributed by atoms with E-state index in [-0.39, 0.29) is 0 Å². The third-order valence-electron chi connectivity index (χ3n) is 1.88. The standard InChI is InChI=1S/C10H9BrS/c1-2-9-6-7-5-8(11)3-4-10(7)12-9/h3-6H,2H2,1H3. The highest BCUT2D eigenvalue weighted by atomic mass is 79.9. The maximum Gasteiger partial charge on any atom is 0.0346 e. The van der Waals surface area contributed by atoms with Gasteiger partial charge in [0, 0.05) is 14.0 Å². The van der Waals surface area contributed by atoms with Crippen molar-refractivity contribution in [3.63, 3.8) is 0 Å². The highest BCUT2D eigenvalue weighted by molar-refractivity contribution is 9.10. The van der Waals surface area contributed by atoms with Gasteiger partial charge >= 0.3 is 0 Å². The Kier molecular flexibility index (Phi) is 2.20. The third-order valence-corrected chi connectivity index (χ3v) is 3.63. The fourth-order valence-corrected chi connectivity index (χ4v) is 2.61. The van der Waals surface area contributed by atoms with Crippen LogP contribution in [0, 0.1) is 0 Å². The summed E-state index contributed by atoms with van der Waals surface area (Å²) in [6.07, 6.45) is 1.14. The molecule has 0 spiro atoms. The van der Waals surface area contributed by atoms with E-state index in [1.165, 1.54) is 15.0 Å². The summed E-state index contributed by atoms with van der Waals surface area (Å²) in [5, 5.41) is 1.35. The van der Waals surface area contributed by atoms with Crippen molar-refractivity contribution < 1.29 is 0 Å². The molecule has 0 saturated heterocycles. The van der Waals surface area contributed by atoms with Crippen molar-refractivity contribution >= 4 is 37.4 Å². The van der Waals surface area contributed by atoms with E-state index in [4.69, 9.17) is 0 Å². The number of fused-ring (bicyclic) bond motifs is 1. The lowest BCUT2D eigenvalue weighted by atomic mass is 10.2. The van der Waals surface area contributed by atoms with E-state index < -0.39 is 0 Å². The molecule has 0 aliphatic heterocycles. The second kappa shape index (κ2) is 3.19. The number of halogens is 1. The Hall–Kier alpha value is -0.340. The molecule has 2 aromatic rings. The van der Waals surface area contributed by atoms with Crippen LogP contribution in [0.1, 0.15) is 11.8 Å². The second-order valence-corrected chi connectivity index (χ2v) is 4.83. The van der Waals surface area contributed by atoms with Gasteiger partial charge < -0.3 is 0 Å². The van der Waals surface area contributed by atoms with Gasteiger partial charge in [0.15, 0.2) is 0 Å². The Balaban J connectivity index is 2.67. The number of aryl methyl sites for hydroxylation is 1. The predicted molar refractivity (Wildman–Crippen MR) is 58.9 cm³/mol. The van der Waals surface area contributed by atoms with Crippen LogP contribution in [-0.2, 0) is 6.42 Å². The molecule has 2 rings (SSSR count). The Bertz CT molecular complexity index is 403. The van der Waals surface area contributed by atoms with Gasteiger partial charge in [-0.2, -0.15) is 0 Å². The van der Waals surface area contributed by atoms with Crippen LogP contribution in [0.2, 0.25) is 0 Å². The Morgan fingerprint density at radius 2 is 2.17 bits per heavy atom. The van der Waals surface area contributed by atoms with E-state index in [0.29, 0.717) is 0 Å². The van der Waals surface area contributed by atoms with Crippen molar-refractivity contribution in [3.05, 3.63) is 33.6 Å². The molecule has 0 N–H and O–H groups in total. The fourth-order valence-electron chi connectivity index (χ4n) is 1.24. The third kappa shape index (κ3) is 1.41. The minimum Gasteiger partial charge on any atom is -0.140 e. The molecule has 0 bridgehead atoms. The van der Waals surface area contributed by atoms with E-state index >= 15 is 0 Å². The molecule has 1 heterocycles. The zero-order chi connectivity index (χ0) is 8.55. The summed E-state index contributed by atoms with van der Waals surface area (Å²) in [7, 11) is 0. The molecular weight excluding hydrogens is 232 g/mol. The van der Waals surface area contributed by atoms with Gasteiger partial charge in [0.2, 0.25) is 0 Å². The second-order valence-electron chi connectivity index (χ2n) is 2.75. The van der Waals surface area contributed by atoms with Crippen molar-refractivity contribution in [1.82, 2.24) is 0 Å². The average Bonchev–Trinajstić information content (AvgIpc) is 2.46. The van der Waals surface area contributed by atoms with Gasteiger partial charge in [0.1, 0.15) is 0 Å². The molecule has 62 valence electrons. The van der Waals surface area contributed by atoms with Crippen LogP contribution < -0.4 is 0 Å². The van der Waals surface area contributed by atoms with E-state index in [1.54, 1.807) is 0 Å². The fraction of sp³-hybridized carbons (Fsp3) is 0.200. The lowest BCUT2D eigenvalue weighted by Gasteiger charge is -1.88. The minimum atomic E-state index is 1.14. The van der Waals surface area contributed by atoms with Crippen molar-refractivity contribution in [3.8, 4) is 0 Å². The van der Waals surface area contributed by atoms with Crippen LogP contribution in [0.4, 0.5) is 0 Å². The molecule has 12 heavy (non-hydrogen) atoms. The Morgan fingerprint density at radius 3 is 2.92 bits per heavy atom. The zero-order valence-electron chi connectivity index (χ0n) is 6.80. The normalized spacial score (nSPS) is 10.8. The topological polar surface area (TPSA) is 0 Å². The highest BCUT2D eigenvalue weighted by Crippen LogP contribution is 2.28. The maximum atomic E-state index is 3.47. The van der Waals surface area contributed by atoms with Gasteiger partial charge in [0.25, 0.3) is 0 Å². The van der Waals surface area contributed by atoms with Crippen molar-refractivity contribution in [2.75, 3.05) is 0 Å². The van der Waals surface area contributed by atoms with Crippen LogP contribution in [0.5, 0.6) is 0 Å². The summed E-state index contributed by atoms with van der Waals surface area (Å²) in [5.74, 6) is 0. The summed E-state index contributed by atoms with van der Waals surface area (Å²) in [4.78, 5) is 1.46. The maximum absolute atomic E-state index is 3.47. The minimum absolute atomic E-state index is 1.14. The predicted octanol–water partition coefficient (Wildman–Crippen LogP) is 4.23. The first-order chi connectivity index (χ1) is 5.79. The van der Waals surface area contributed by atoms with E-state index in [2.05, 4.69) is 47.1 Å². The molecule has 1 aromatic heterocycles. The van der Waals surface area contributed by atoms with Gasteiger partial charge in [-0.1, -0.05) is 22.9 Å². The largest absolute Gasteiger partial charge is 0.140 e. The van der Waals surface area contributed by atoms with Crippen molar-refractivity contribution in [2.45, 2.75) is 13.3 Å². The summed E-state index contributed by atoms with van der Waals surface area (Å²) >= 11 is 5.35. The van der Waals surface area contributed by atoms with Crippen LogP contribution >= 0.6 is 27.3 Å². The van der Waals surface area contributed by atoms with Gasteiger partial charge in [-0.05, 0) is 36.1 Å². The SMILES string of the molecule is CCc1cc2cc(Br)ccc2s1. The first-order valence-corrected chi connectivity index (χ1v) is 5.58. The number of benzene rings is 1. The molecule has 1 aromatic carbocycles. The van der Waals surface area contributed by atoms with Crippen LogP contribution in [0.3, 0.4) is 0 Å². The van der Waals surface area contributed by atoms with E-state index in [0.717, 1.165) is 10.9 Å². The molecule has 0 atom stereocenters. The quantitative estimate of drug-likeness (QED) is 0.701. The van der Waals surface area contributed by atoms with Crippen LogP contribution in [0.15, 0.2) is 28.7 Å². The van der Waals surface area contributed by atoms with Crippen molar-refractivity contribution in [2.24, 2.45) is 0 Å². The number of rotatable bonds is 1. The zero-order valence-corrected chi connectivity index (χ0v) is 9.21. The lowest BCUT2D eigenvalue weighted by molar-refractivity contribution is 1.19. The summed E-state index contributed by atoms with van der Waals surface area (Å²) < 4.78 is 2.55. The number of thiophene rings is 1. The molecule has 0 nitrogen and oxygen atoms in total. The number of hydrogen-bond acceptors (Lipinski definition) is 1. The first kappa shape index (κ1) is 8.27. The number of hydrogen-bond donors (Lipinski definition) is 0. The average molecular weight is 241 g/mol. The summed E-state index contributed by atoms with van der Waals surface area (Å²) in [5.41, 5.74) is 0. The molecule has 0 aliphatic carbocycles. The monoisotopic (exact) mass is 240 g/mol. The Morgan fingerprint density at radius 1 is 1.33 bits per heavy atom. The van der Waals surface area contributed by atoms with Crippen LogP contribution in [0.25, 0.3) is 10.1 Å². The van der Waals surface area contributed by atoms with Gasteiger partial charge in [0.05, 0.1) is 0 Å². The molecular formula is C10H9BrS. The Labute approximate surface area is 84.4 Å². The van der Waals surface area contributed by atoms with Crippen LogP contribution in [-0.4, -0.2) is 0 Å². The summed E-state index contributed by atoms with van der Waals surface area (Å²) in [6.45, 7) is 2.19. The van der Waals surface area contributed by atoms with E-state index in [1.807, 2.05) is 11.3 Å². The molecule has 0 unspecified atom stereocenters. The summed E-state index contributed by atoms with van der Waals surface area (Å²) in [6, 6.07) is 8.71. The smallest absolute Gasteiger partial charge is 0.0346 e. The molecule has 0 saturated carbocycles. The molecule has 0 amide bonds. The van der Waals surface area contributed by atoms with Gasteiger partial charge in [-0.25, -0.2) is 0 Å². The van der Waals surface area contributed by atoms with Gasteiger partial charge in [-0.3, -0.25) is 0 Å². The first-order valence-electron chi connectivity index (χ1n) is 3.97. The molecule has 0 aliphatic rings. The van der Waals surface area contributed by atoms with Gasteiger partial charge in [-0.15, -0.1) is 11.3 Å².